The molecule has 0 aromatic carbocycles. The number of rotatable bonds is 1. The largest absolute Gasteiger partial charge is 0.482 e. The van der Waals surface area contributed by atoms with Crippen LogP contribution < -0.4 is 37.7 Å². The molecule has 0 atom stereocenters. The number of pyridine rings is 1. The first kappa shape index (κ1) is 53.6. The Kier molecular flexibility index (Phi) is 30.0. The smallest absolute Gasteiger partial charge is 0.344 e. The van der Waals surface area contributed by atoms with Crippen molar-refractivity contribution < 1.29 is 14.3 Å². The van der Waals surface area contributed by atoms with Gasteiger partial charge in [-0.15, -0.1) is 0 Å². The maximum absolute atomic E-state index is 10.5. The molecule has 3 amide bonds. The lowest BCUT2D eigenvalue weighted by molar-refractivity contribution is -0.120. The third-order valence-electron chi connectivity index (χ3n) is 3.36. The minimum atomic E-state index is -0.388. The van der Waals surface area contributed by atoms with Crippen molar-refractivity contribution in [3.05, 3.63) is 57.5 Å². The van der Waals surface area contributed by atoms with Gasteiger partial charge in [0.25, 0.3) is 5.56 Å². The summed E-state index contributed by atoms with van der Waals surface area (Å²) in [4.78, 5) is 53.3. The Bertz CT molecular complexity index is 1210. The number of methoxy groups -OCH3 is 1. The van der Waals surface area contributed by atoms with E-state index in [1.807, 2.05) is 0 Å². The van der Waals surface area contributed by atoms with Crippen molar-refractivity contribution in [2.45, 2.75) is 124 Å². The van der Waals surface area contributed by atoms with Gasteiger partial charge in [0.05, 0.1) is 7.11 Å². The van der Waals surface area contributed by atoms with E-state index in [4.69, 9.17) is 10.5 Å². The van der Waals surface area contributed by atoms with Gasteiger partial charge >= 0.3 is 11.7 Å². The molecule has 0 aliphatic carbocycles. The molecule has 0 saturated carbocycles. The summed E-state index contributed by atoms with van der Waals surface area (Å²) >= 11 is 0. The van der Waals surface area contributed by atoms with E-state index in [1.54, 1.807) is 18.2 Å². The number of urea groups is 1. The highest BCUT2D eigenvalue weighted by molar-refractivity contribution is 5.96. The molecule has 7 N–H and O–H groups in total. The molecule has 4 rings (SSSR count). The lowest BCUT2D eigenvalue weighted by Crippen LogP contribution is -2.46. The number of nitrogens with one attached hydrogen (secondary N) is 5. The van der Waals surface area contributed by atoms with E-state index in [0.717, 1.165) is 19.5 Å². The number of carbonyl (C=O) groups is 2. The maximum atomic E-state index is 10.5. The van der Waals surface area contributed by atoms with Crippen molar-refractivity contribution in [3.63, 3.8) is 0 Å². The summed E-state index contributed by atoms with van der Waals surface area (Å²) in [6.45, 7) is 37.3. The number of nitrogens with zero attached hydrogens (tertiary/aromatic N) is 2. The molecule has 0 radical (unpaired) electrons. The van der Waals surface area contributed by atoms with Crippen LogP contribution in [0.4, 0.5) is 4.79 Å². The Morgan fingerprint density at radius 1 is 0.706 bits per heavy atom. The van der Waals surface area contributed by atoms with E-state index in [0.29, 0.717) is 46.5 Å². The van der Waals surface area contributed by atoms with E-state index < -0.39 is 0 Å². The number of amides is 3. The second kappa shape index (κ2) is 28.5. The van der Waals surface area contributed by atoms with Gasteiger partial charge in [-0.05, 0) is 40.2 Å². The summed E-state index contributed by atoms with van der Waals surface area (Å²) in [5.41, 5.74) is 6.83. The number of aromatic nitrogens is 3. The average molecular weight is 723 g/mol. The number of guanidine groups is 1. The molecular weight excluding hydrogens is 648 g/mol. The molecular formula is C38H74N8O5. The van der Waals surface area contributed by atoms with Crippen molar-refractivity contribution in [2.75, 3.05) is 26.7 Å². The predicted molar refractivity (Wildman–Crippen MR) is 214 cm³/mol. The van der Waals surface area contributed by atoms with Gasteiger partial charge in [0, 0.05) is 44.5 Å². The number of hydrogen-bond acceptors (Lipinski definition) is 9. The van der Waals surface area contributed by atoms with Crippen LogP contribution in [-0.2, 0) is 4.79 Å². The van der Waals surface area contributed by atoms with Crippen molar-refractivity contribution >= 4 is 17.9 Å². The molecule has 0 bridgehead atoms. The lowest BCUT2D eigenvalue weighted by Gasteiger charge is -2.10. The molecule has 0 spiro atoms. The van der Waals surface area contributed by atoms with Crippen molar-refractivity contribution in [3.8, 4) is 5.88 Å². The molecule has 296 valence electrons. The summed E-state index contributed by atoms with van der Waals surface area (Å²) in [5, 5.41) is 7.44. The van der Waals surface area contributed by atoms with Gasteiger partial charge in [-0.25, -0.2) is 14.6 Å². The minimum Gasteiger partial charge on any atom is -0.482 e. The van der Waals surface area contributed by atoms with Crippen LogP contribution in [0.2, 0.25) is 0 Å². The normalized spacial score (nSPS) is 13.3. The van der Waals surface area contributed by atoms with Crippen molar-refractivity contribution in [1.29, 1.82) is 0 Å². The van der Waals surface area contributed by atoms with Gasteiger partial charge < -0.3 is 26.1 Å². The lowest BCUT2D eigenvalue weighted by atomic mass is 10.0. The van der Waals surface area contributed by atoms with Crippen molar-refractivity contribution in [1.82, 2.24) is 30.9 Å². The van der Waals surface area contributed by atoms with Crippen molar-refractivity contribution in [2.24, 2.45) is 32.4 Å². The van der Waals surface area contributed by atoms with Crippen LogP contribution in [0.25, 0.3) is 0 Å². The fourth-order valence-electron chi connectivity index (χ4n) is 1.93. The minimum absolute atomic E-state index is 0.144. The summed E-state index contributed by atoms with van der Waals surface area (Å²) in [6.07, 6.45) is 4.49. The van der Waals surface area contributed by atoms with E-state index in [9.17, 15) is 19.2 Å². The number of hydrogen-bond donors (Lipinski definition) is 6. The summed E-state index contributed by atoms with van der Waals surface area (Å²) in [5.74, 6) is 0.877. The molecule has 0 unspecified atom stereocenters. The Morgan fingerprint density at radius 2 is 1.20 bits per heavy atom. The molecule has 1 fully saturated rings. The molecule has 2 aromatic heterocycles. The number of H-pyrrole nitrogens is 2. The number of imide groups is 1. The zero-order chi connectivity index (χ0) is 40.9. The van der Waals surface area contributed by atoms with Crippen LogP contribution in [0.5, 0.6) is 5.88 Å². The maximum Gasteiger partial charge on any atom is 0.344 e. The van der Waals surface area contributed by atoms with Crippen LogP contribution in [0.3, 0.4) is 0 Å². The Hall–Kier alpha value is -4.16. The number of aliphatic imine (C=N–C) groups is 1. The Morgan fingerprint density at radius 3 is 1.41 bits per heavy atom. The third kappa shape index (κ3) is 76.9. The van der Waals surface area contributed by atoms with Gasteiger partial charge in [-0.2, -0.15) is 0 Å². The van der Waals surface area contributed by atoms with E-state index in [1.165, 1.54) is 25.6 Å². The van der Waals surface area contributed by atoms with Gasteiger partial charge in [-0.1, -0.05) is 117 Å². The first-order valence-electron chi connectivity index (χ1n) is 17.2. The highest BCUT2D eigenvalue weighted by Gasteiger charge is 2.11. The molecule has 2 aliphatic rings. The quantitative estimate of drug-likeness (QED) is 0.183. The second-order valence-corrected chi connectivity index (χ2v) is 17.8. The van der Waals surface area contributed by atoms with Crippen LogP contribution in [-0.4, -0.2) is 59.6 Å². The summed E-state index contributed by atoms with van der Waals surface area (Å²) in [6, 6.07) is 6.02. The Labute approximate surface area is 308 Å². The highest BCUT2D eigenvalue weighted by atomic mass is 16.5. The fraction of sp³-hybridized carbons (Fsp3) is 0.684. The molecule has 2 aliphatic heterocycles. The van der Waals surface area contributed by atoms with E-state index >= 15 is 0 Å². The highest BCUT2D eigenvalue weighted by Crippen LogP contribution is 2.09. The van der Waals surface area contributed by atoms with Crippen LogP contribution >= 0.6 is 0 Å². The fourth-order valence-corrected chi connectivity index (χ4v) is 1.93. The van der Waals surface area contributed by atoms with Crippen LogP contribution in [0, 0.1) is 21.7 Å². The first-order valence-corrected chi connectivity index (χ1v) is 17.2. The van der Waals surface area contributed by atoms with Gasteiger partial charge in [0.2, 0.25) is 5.91 Å². The number of ether oxygens (including phenoxy) is 1. The monoisotopic (exact) mass is 723 g/mol. The van der Waals surface area contributed by atoms with E-state index in [-0.39, 0.29) is 23.2 Å². The summed E-state index contributed by atoms with van der Waals surface area (Å²) < 4.78 is 4.74. The van der Waals surface area contributed by atoms with Gasteiger partial charge in [0.15, 0.2) is 11.8 Å². The third-order valence-corrected chi connectivity index (χ3v) is 3.36. The molecule has 4 heterocycles. The number of aromatic amines is 2. The van der Waals surface area contributed by atoms with Gasteiger partial charge in [0.1, 0.15) is 0 Å². The summed E-state index contributed by atoms with van der Waals surface area (Å²) in [7, 11) is 1.51. The zero-order valence-electron chi connectivity index (χ0n) is 35.0. The van der Waals surface area contributed by atoms with E-state index in [2.05, 4.69) is 147 Å². The number of carbonyl (C=O) groups excluding carboxylic acids is 2. The molecule has 13 nitrogen and oxygen atoms in total. The van der Waals surface area contributed by atoms with Crippen LogP contribution in [0.15, 0.2) is 51.2 Å². The van der Waals surface area contributed by atoms with Gasteiger partial charge in [-0.3, -0.25) is 24.9 Å². The zero-order valence-corrected chi connectivity index (χ0v) is 35.0. The standard InChI is InChI=1S/C6H7NO2.4C5H12.C4H9N3.C4H6N2O2.C4H4N2O/c1-9-6-4-2-3-5(8)7-6;4*1-5(2,3)4;5-4-6-2-1-3-7-4;7-3-1-2-5-4(8)6-3;7-4-5-2-1-3-6-4/h2-4H,1H3,(H,7,8);4*1-4H3;1-3H2,(H3,5,6,7);1-2H2,(H2,5,6,7,8);1-3H,(H,5,6,7). The second-order valence-electron chi connectivity index (χ2n) is 17.8. The molecule has 13 heteroatoms. The first-order chi connectivity index (χ1) is 22.9. The predicted octanol–water partition coefficient (Wildman–Crippen LogP) is 6.87. The Balaban J connectivity index is -0.000000251. The SMILES string of the molecule is CC(C)(C)C.CC(C)(C)C.CC(C)(C)C.CC(C)(C)C.COc1cccc(=O)[nH]1.NC1=NCCCN1.O=C1CCNC(=O)N1.O=c1nccc[nH]1. The average Bonchev–Trinajstić information content (AvgIpc) is 2.91. The molecule has 51 heavy (non-hydrogen) atoms. The van der Waals surface area contributed by atoms with Crippen LogP contribution in [0.1, 0.15) is 124 Å². The molecule has 1 saturated heterocycles. The topological polar surface area (TPSA) is 196 Å². The molecule has 2 aromatic rings. The number of nitrogens with two attached hydrogens (primary N) is 1.